The maximum atomic E-state index is 9.92. The minimum absolute atomic E-state index is 0. The van der Waals surface area contributed by atoms with E-state index >= 15 is 0 Å². The minimum atomic E-state index is -0.993. The van der Waals surface area contributed by atoms with Gasteiger partial charge in [-0.05, 0) is 0 Å². The van der Waals surface area contributed by atoms with Crippen molar-refractivity contribution in [3.63, 3.8) is 0 Å². The zero-order valence-corrected chi connectivity index (χ0v) is 7.21. The van der Waals surface area contributed by atoms with Crippen molar-refractivity contribution in [2.45, 2.75) is 0 Å². The monoisotopic (exact) mass is 155 g/mol. The molecule has 0 aromatic rings. The fraction of sp³-hybridized carbons (Fsp3) is 0.500. The van der Waals surface area contributed by atoms with Crippen LogP contribution in [0.2, 0.25) is 0 Å². The van der Waals surface area contributed by atoms with Crippen molar-refractivity contribution >= 4 is 35.0 Å². The number of carboxylic acid groups (broad SMARTS) is 1. The van der Waals surface area contributed by atoms with Crippen molar-refractivity contribution in [1.29, 1.82) is 5.41 Å². The smallest absolute Gasteiger partial charge is 0.323 e. The van der Waals surface area contributed by atoms with Gasteiger partial charge in [0.2, 0.25) is 0 Å². The van der Waals surface area contributed by atoms with E-state index in [-0.39, 0.29) is 35.6 Å². The van der Waals surface area contributed by atoms with Gasteiger partial charge in [-0.3, -0.25) is 10.2 Å². The predicted molar refractivity (Wildman–Crippen MR) is 37.9 cm³/mol. The molecule has 5 nitrogen and oxygen atoms in total. The van der Waals surface area contributed by atoms with E-state index in [0.29, 0.717) is 0 Å². The Morgan fingerprint density at radius 3 is 2.30 bits per heavy atom. The van der Waals surface area contributed by atoms with Crippen LogP contribution in [0, 0.1) is 5.41 Å². The SMILES string of the molecule is CN(CC(=O)O)C(=N)N.[Mg]. The number of carboxylic acids is 1. The highest BCUT2D eigenvalue weighted by molar-refractivity contribution is 5.79. The van der Waals surface area contributed by atoms with Crippen molar-refractivity contribution in [2.75, 3.05) is 13.6 Å². The number of hydrogen-bond donors (Lipinski definition) is 3. The van der Waals surface area contributed by atoms with Crippen LogP contribution in [0.15, 0.2) is 0 Å². The molecule has 4 N–H and O–H groups in total. The standard InChI is InChI=1S/C4H9N3O2.Mg/c1-7(4(5)6)2-3(8)9;/h2H2,1H3,(H3,5,6)(H,8,9);. The summed E-state index contributed by atoms with van der Waals surface area (Å²) in [4.78, 5) is 11.0. The van der Waals surface area contributed by atoms with Gasteiger partial charge in [-0.25, -0.2) is 0 Å². The third kappa shape index (κ3) is 5.64. The van der Waals surface area contributed by atoms with Gasteiger partial charge in [-0.1, -0.05) is 0 Å². The van der Waals surface area contributed by atoms with E-state index in [0.717, 1.165) is 4.90 Å². The van der Waals surface area contributed by atoms with E-state index in [1.54, 1.807) is 0 Å². The Balaban J connectivity index is 0. The maximum Gasteiger partial charge on any atom is 0.323 e. The molecule has 0 bridgehead atoms. The van der Waals surface area contributed by atoms with E-state index in [1.165, 1.54) is 7.05 Å². The maximum absolute atomic E-state index is 9.92. The Labute approximate surface area is 74.8 Å². The van der Waals surface area contributed by atoms with Gasteiger partial charge in [0.25, 0.3) is 0 Å². The van der Waals surface area contributed by atoms with E-state index < -0.39 is 5.97 Å². The summed E-state index contributed by atoms with van der Waals surface area (Å²) in [7, 11) is 1.44. The second kappa shape index (κ2) is 5.30. The minimum Gasteiger partial charge on any atom is -0.480 e. The highest BCUT2D eigenvalue weighted by Crippen LogP contribution is 1.76. The lowest BCUT2D eigenvalue weighted by Gasteiger charge is -2.12. The molecule has 0 aromatic carbocycles. The first kappa shape index (κ1) is 12.2. The molecule has 0 aliphatic heterocycles. The fourth-order valence-corrected chi connectivity index (χ4v) is 0.288. The number of likely N-dealkylation sites (N-methyl/N-ethyl adjacent to an activating group) is 1. The summed E-state index contributed by atoms with van der Waals surface area (Å²) in [6, 6.07) is 0. The number of guanidine groups is 1. The Bertz CT molecular complexity index is 138. The van der Waals surface area contributed by atoms with Crippen molar-refractivity contribution in [1.82, 2.24) is 4.90 Å². The molecule has 0 saturated carbocycles. The zero-order chi connectivity index (χ0) is 7.44. The van der Waals surface area contributed by atoms with Gasteiger partial charge in [0.15, 0.2) is 5.96 Å². The normalized spacial score (nSPS) is 7.70. The lowest BCUT2D eigenvalue weighted by atomic mass is 10.6. The summed E-state index contributed by atoms with van der Waals surface area (Å²) in [6.45, 7) is -0.227. The van der Waals surface area contributed by atoms with Crippen LogP contribution in [0.5, 0.6) is 0 Å². The second-order valence-electron chi connectivity index (χ2n) is 1.64. The molecule has 0 fully saturated rings. The molecular formula is C4H9MgN3O2. The van der Waals surface area contributed by atoms with Gasteiger partial charge in [0.1, 0.15) is 6.54 Å². The first-order valence-electron chi connectivity index (χ1n) is 2.31. The van der Waals surface area contributed by atoms with Crippen molar-refractivity contribution in [2.24, 2.45) is 5.73 Å². The molecule has 0 aliphatic carbocycles. The molecule has 0 rings (SSSR count). The summed E-state index contributed by atoms with van der Waals surface area (Å²) in [5.74, 6) is -1.23. The molecule has 6 heteroatoms. The number of aliphatic carboxylic acids is 1. The number of rotatable bonds is 2. The number of nitrogens with two attached hydrogens (primary N) is 1. The Morgan fingerprint density at radius 2 is 2.20 bits per heavy atom. The molecule has 0 aliphatic rings. The molecule has 0 spiro atoms. The van der Waals surface area contributed by atoms with Gasteiger partial charge in [0, 0.05) is 30.1 Å². The molecule has 0 heterocycles. The number of nitrogens with one attached hydrogen (secondary N) is 1. The van der Waals surface area contributed by atoms with E-state index in [2.05, 4.69) is 0 Å². The van der Waals surface area contributed by atoms with Crippen molar-refractivity contribution < 1.29 is 9.90 Å². The number of carbonyl (C=O) groups is 1. The van der Waals surface area contributed by atoms with Crippen LogP contribution in [0.1, 0.15) is 0 Å². The van der Waals surface area contributed by atoms with Gasteiger partial charge in [-0.15, -0.1) is 0 Å². The molecule has 54 valence electrons. The largest absolute Gasteiger partial charge is 0.480 e. The van der Waals surface area contributed by atoms with Crippen LogP contribution in [-0.4, -0.2) is 58.6 Å². The molecule has 0 atom stereocenters. The molecule has 0 unspecified atom stereocenters. The fourth-order valence-electron chi connectivity index (χ4n) is 0.288. The lowest BCUT2D eigenvalue weighted by molar-refractivity contribution is -0.137. The molecule has 10 heavy (non-hydrogen) atoms. The summed E-state index contributed by atoms with van der Waals surface area (Å²) >= 11 is 0. The summed E-state index contributed by atoms with van der Waals surface area (Å²) in [5, 5.41) is 14.9. The summed E-state index contributed by atoms with van der Waals surface area (Å²) in [6.07, 6.45) is 0. The van der Waals surface area contributed by atoms with Crippen LogP contribution in [-0.2, 0) is 4.79 Å². The van der Waals surface area contributed by atoms with E-state index in [1.807, 2.05) is 0 Å². The van der Waals surface area contributed by atoms with Crippen molar-refractivity contribution in [3.05, 3.63) is 0 Å². The van der Waals surface area contributed by atoms with Gasteiger partial charge in [-0.2, -0.15) is 0 Å². The second-order valence-corrected chi connectivity index (χ2v) is 1.64. The Kier molecular flexibility index (Phi) is 6.47. The van der Waals surface area contributed by atoms with Gasteiger partial charge < -0.3 is 15.7 Å². The van der Waals surface area contributed by atoms with E-state index in [9.17, 15) is 4.79 Å². The third-order valence-electron chi connectivity index (χ3n) is 0.784. The molecule has 0 amide bonds. The number of nitrogens with zero attached hydrogens (tertiary/aromatic N) is 1. The third-order valence-corrected chi connectivity index (χ3v) is 0.784. The average Bonchev–Trinajstić information content (AvgIpc) is 1.63. The van der Waals surface area contributed by atoms with Crippen LogP contribution in [0.4, 0.5) is 0 Å². The zero-order valence-electron chi connectivity index (χ0n) is 5.79. The molecule has 0 saturated heterocycles. The Hall–Kier alpha value is -0.494. The predicted octanol–water partition coefficient (Wildman–Crippen LogP) is -1.48. The quantitative estimate of drug-likeness (QED) is 0.258. The number of hydrogen-bond acceptors (Lipinski definition) is 2. The van der Waals surface area contributed by atoms with Gasteiger partial charge >= 0.3 is 5.97 Å². The topological polar surface area (TPSA) is 90.4 Å². The van der Waals surface area contributed by atoms with Crippen molar-refractivity contribution in [3.8, 4) is 0 Å². The van der Waals surface area contributed by atoms with Crippen LogP contribution in [0.3, 0.4) is 0 Å². The molecular weight excluding hydrogens is 146 g/mol. The molecule has 2 radical (unpaired) electrons. The highest BCUT2D eigenvalue weighted by atomic mass is 24.3. The van der Waals surface area contributed by atoms with Crippen LogP contribution in [0.25, 0.3) is 0 Å². The summed E-state index contributed by atoms with van der Waals surface area (Å²) in [5.41, 5.74) is 4.93. The van der Waals surface area contributed by atoms with Gasteiger partial charge in [0.05, 0.1) is 0 Å². The highest BCUT2D eigenvalue weighted by Gasteiger charge is 2.03. The first-order valence-corrected chi connectivity index (χ1v) is 2.31. The van der Waals surface area contributed by atoms with Crippen LogP contribution >= 0.6 is 0 Å². The Morgan fingerprint density at radius 1 is 1.80 bits per heavy atom. The van der Waals surface area contributed by atoms with E-state index in [4.69, 9.17) is 16.2 Å². The van der Waals surface area contributed by atoms with Crippen LogP contribution < -0.4 is 5.73 Å². The average molecular weight is 155 g/mol. The molecule has 0 aromatic heterocycles. The lowest BCUT2D eigenvalue weighted by Crippen LogP contribution is -2.36. The first-order chi connectivity index (χ1) is 4.04. The summed E-state index contributed by atoms with van der Waals surface area (Å²) < 4.78 is 0.